The van der Waals surface area contributed by atoms with E-state index < -0.39 is 5.92 Å². The lowest BCUT2D eigenvalue weighted by Crippen LogP contribution is -2.43. The number of halogens is 2. The Bertz CT molecular complexity index is 619. The Morgan fingerprint density at radius 3 is 2.07 bits per heavy atom. The molecule has 1 N–H and O–H groups in total. The number of aliphatic hydroxyl groups excluding tert-OH is 1. The average molecular weight is 380 g/mol. The molecule has 1 saturated heterocycles. The Labute approximate surface area is 163 Å². The van der Waals surface area contributed by atoms with Crippen LogP contribution in [0.5, 0.6) is 0 Å². The largest absolute Gasteiger partial charge is 0.396 e. The summed E-state index contributed by atoms with van der Waals surface area (Å²) in [7, 11) is 0. The smallest absolute Gasteiger partial charge is 0.270 e. The van der Waals surface area contributed by atoms with Crippen molar-refractivity contribution in [3.05, 3.63) is 47.0 Å². The van der Waals surface area contributed by atoms with Crippen LogP contribution in [0.2, 0.25) is 0 Å². The Hall–Kier alpha value is -1.26. The van der Waals surface area contributed by atoms with Crippen molar-refractivity contribution in [3.8, 4) is 0 Å². The number of likely N-dealkylation sites (tertiary alicyclic amines) is 1. The third-order valence-corrected chi connectivity index (χ3v) is 5.79. The Morgan fingerprint density at radius 2 is 1.63 bits per heavy atom. The molecule has 1 aliphatic rings. The fourth-order valence-electron chi connectivity index (χ4n) is 4.00. The standard InChI is InChI=1S/C23H35F2NO/c1-17(2)14-21(26-12-10-18(16-27)11-13-26)15-22(3,4)19-6-8-20(9-7-19)23(5,24)25/h6-9,14,18,21,27H,10-13,15-16H2,1-5H3. The summed E-state index contributed by atoms with van der Waals surface area (Å²) in [5.41, 5.74) is 2.33. The summed E-state index contributed by atoms with van der Waals surface area (Å²) in [6.45, 7) is 11.8. The van der Waals surface area contributed by atoms with Crippen molar-refractivity contribution in [3.63, 3.8) is 0 Å². The van der Waals surface area contributed by atoms with Gasteiger partial charge in [-0.3, -0.25) is 4.90 Å². The summed E-state index contributed by atoms with van der Waals surface area (Å²) < 4.78 is 27.0. The summed E-state index contributed by atoms with van der Waals surface area (Å²) >= 11 is 0. The molecule has 0 radical (unpaired) electrons. The number of hydrogen-bond acceptors (Lipinski definition) is 2. The van der Waals surface area contributed by atoms with E-state index in [9.17, 15) is 13.9 Å². The zero-order chi connectivity index (χ0) is 20.2. The zero-order valence-electron chi connectivity index (χ0n) is 17.4. The first-order valence-electron chi connectivity index (χ1n) is 10.0. The minimum absolute atomic E-state index is 0.0639. The van der Waals surface area contributed by atoms with Crippen molar-refractivity contribution in [2.45, 2.75) is 71.3 Å². The van der Waals surface area contributed by atoms with Crippen molar-refractivity contribution >= 4 is 0 Å². The predicted molar refractivity (Wildman–Crippen MR) is 108 cm³/mol. The van der Waals surface area contributed by atoms with E-state index in [1.165, 1.54) is 5.57 Å². The third-order valence-electron chi connectivity index (χ3n) is 5.79. The molecule has 1 aromatic rings. The minimum Gasteiger partial charge on any atom is -0.396 e. The van der Waals surface area contributed by atoms with Gasteiger partial charge in [-0.25, -0.2) is 8.78 Å². The van der Waals surface area contributed by atoms with E-state index in [4.69, 9.17) is 0 Å². The Balaban J connectivity index is 2.16. The molecular formula is C23H35F2NO. The van der Waals surface area contributed by atoms with E-state index >= 15 is 0 Å². The monoisotopic (exact) mass is 379 g/mol. The number of nitrogens with zero attached hydrogens (tertiary/aromatic N) is 1. The second kappa shape index (κ2) is 8.83. The third kappa shape index (κ3) is 6.11. The first-order chi connectivity index (χ1) is 12.5. The molecule has 2 nitrogen and oxygen atoms in total. The van der Waals surface area contributed by atoms with Crippen LogP contribution >= 0.6 is 0 Å². The lowest BCUT2D eigenvalue weighted by molar-refractivity contribution is 0.0174. The van der Waals surface area contributed by atoms with Gasteiger partial charge in [-0.15, -0.1) is 0 Å². The molecule has 0 bridgehead atoms. The average Bonchev–Trinajstić information content (AvgIpc) is 2.60. The Morgan fingerprint density at radius 1 is 1.11 bits per heavy atom. The van der Waals surface area contributed by atoms with Crippen molar-refractivity contribution in [1.29, 1.82) is 0 Å². The van der Waals surface area contributed by atoms with E-state index in [1.54, 1.807) is 12.1 Å². The highest BCUT2D eigenvalue weighted by molar-refractivity contribution is 5.30. The second-order valence-electron chi connectivity index (χ2n) is 9.03. The highest BCUT2D eigenvalue weighted by atomic mass is 19.3. The molecule has 152 valence electrons. The molecule has 4 heteroatoms. The maximum absolute atomic E-state index is 13.5. The summed E-state index contributed by atoms with van der Waals surface area (Å²) in [6, 6.07) is 7.13. The molecule has 0 aromatic heterocycles. The summed E-state index contributed by atoms with van der Waals surface area (Å²) in [5, 5.41) is 9.39. The van der Waals surface area contributed by atoms with Crippen LogP contribution in [0.1, 0.15) is 65.0 Å². The minimum atomic E-state index is -2.80. The van der Waals surface area contributed by atoms with Gasteiger partial charge in [-0.1, -0.05) is 49.8 Å². The first kappa shape index (κ1) is 22.0. The van der Waals surface area contributed by atoms with Gasteiger partial charge in [0.1, 0.15) is 0 Å². The number of rotatable bonds is 7. The zero-order valence-corrected chi connectivity index (χ0v) is 17.4. The molecule has 27 heavy (non-hydrogen) atoms. The Kier molecular flexibility index (Phi) is 7.20. The molecule has 1 heterocycles. The van der Waals surface area contributed by atoms with Crippen LogP contribution in [-0.4, -0.2) is 35.7 Å². The van der Waals surface area contributed by atoms with Gasteiger partial charge in [0.15, 0.2) is 0 Å². The second-order valence-corrected chi connectivity index (χ2v) is 9.03. The molecule has 1 fully saturated rings. The van der Waals surface area contributed by atoms with Crippen LogP contribution in [0.25, 0.3) is 0 Å². The lowest BCUT2D eigenvalue weighted by atomic mass is 9.77. The van der Waals surface area contributed by atoms with Gasteiger partial charge in [-0.2, -0.15) is 0 Å². The van der Waals surface area contributed by atoms with Gasteiger partial charge in [0.25, 0.3) is 5.92 Å². The van der Waals surface area contributed by atoms with Gasteiger partial charge < -0.3 is 5.11 Å². The summed E-state index contributed by atoms with van der Waals surface area (Å²) in [5.74, 6) is -2.38. The number of benzene rings is 1. The predicted octanol–water partition coefficient (Wildman–Crippen LogP) is 5.51. The molecule has 1 atom stereocenters. The van der Waals surface area contributed by atoms with Gasteiger partial charge >= 0.3 is 0 Å². The van der Waals surface area contributed by atoms with E-state index in [-0.39, 0.29) is 17.6 Å². The fraction of sp³-hybridized carbons (Fsp3) is 0.652. The van der Waals surface area contributed by atoms with Crippen LogP contribution < -0.4 is 0 Å². The van der Waals surface area contributed by atoms with E-state index in [0.717, 1.165) is 44.8 Å². The number of alkyl halides is 2. The summed E-state index contributed by atoms with van der Waals surface area (Å²) in [4.78, 5) is 2.51. The van der Waals surface area contributed by atoms with Gasteiger partial charge in [0.05, 0.1) is 0 Å². The van der Waals surface area contributed by atoms with E-state index in [2.05, 4.69) is 38.7 Å². The van der Waals surface area contributed by atoms with Crippen LogP contribution in [0.3, 0.4) is 0 Å². The van der Waals surface area contributed by atoms with Crippen LogP contribution in [0.15, 0.2) is 35.9 Å². The van der Waals surface area contributed by atoms with Gasteiger partial charge in [0, 0.05) is 25.1 Å². The molecule has 1 aliphatic heterocycles. The molecule has 0 amide bonds. The van der Waals surface area contributed by atoms with Crippen molar-refractivity contribution in [2.24, 2.45) is 5.92 Å². The van der Waals surface area contributed by atoms with Crippen molar-refractivity contribution < 1.29 is 13.9 Å². The molecule has 0 aliphatic carbocycles. The van der Waals surface area contributed by atoms with E-state index in [1.807, 2.05) is 12.1 Å². The van der Waals surface area contributed by atoms with Crippen molar-refractivity contribution in [2.75, 3.05) is 19.7 Å². The molecule has 2 rings (SSSR count). The lowest BCUT2D eigenvalue weighted by Gasteiger charge is -2.40. The number of aliphatic hydroxyl groups is 1. The van der Waals surface area contributed by atoms with Gasteiger partial charge in [0.2, 0.25) is 0 Å². The van der Waals surface area contributed by atoms with E-state index in [0.29, 0.717) is 12.0 Å². The SMILES string of the molecule is CC(C)=CC(CC(C)(C)c1ccc(C(C)(F)F)cc1)N1CCC(CO)CC1. The van der Waals surface area contributed by atoms with Crippen LogP contribution in [0.4, 0.5) is 8.78 Å². The maximum Gasteiger partial charge on any atom is 0.270 e. The topological polar surface area (TPSA) is 23.5 Å². The molecule has 0 saturated carbocycles. The fourth-order valence-corrected chi connectivity index (χ4v) is 4.00. The number of hydrogen-bond donors (Lipinski definition) is 1. The first-order valence-corrected chi connectivity index (χ1v) is 10.0. The van der Waals surface area contributed by atoms with Crippen LogP contribution in [-0.2, 0) is 11.3 Å². The quantitative estimate of drug-likeness (QED) is 0.632. The highest BCUT2D eigenvalue weighted by Gasteiger charge is 2.31. The van der Waals surface area contributed by atoms with Gasteiger partial charge in [-0.05, 0) is 63.1 Å². The number of piperidine rings is 1. The van der Waals surface area contributed by atoms with Crippen LogP contribution in [0, 0.1) is 5.92 Å². The molecule has 1 unspecified atom stereocenters. The molecular weight excluding hydrogens is 344 g/mol. The highest BCUT2D eigenvalue weighted by Crippen LogP contribution is 2.34. The number of allylic oxidation sites excluding steroid dienone is 1. The normalized spacial score (nSPS) is 18.4. The molecule has 0 spiro atoms. The maximum atomic E-state index is 13.5. The molecule has 1 aromatic carbocycles. The summed E-state index contributed by atoms with van der Waals surface area (Å²) in [6.07, 6.45) is 5.33. The van der Waals surface area contributed by atoms with Crippen molar-refractivity contribution in [1.82, 2.24) is 4.90 Å².